The molecule has 0 fully saturated rings. The topological polar surface area (TPSA) is 68.0 Å². The van der Waals surface area contributed by atoms with E-state index in [4.69, 9.17) is 5.73 Å². The number of carbonyl (C=O) groups is 1. The third kappa shape index (κ3) is 6.68. The summed E-state index contributed by atoms with van der Waals surface area (Å²) in [5.74, 6) is 0.122. The number of aryl methyl sites for hydroxylation is 1. The lowest BCUT2D eigenvalue weighted by Crippen LogP contribution is -2.27. The van der Waals surface area contributed by atoms with E-state index in [1.807, 2.05) is 12.3 Å². The van der Waals surface area contributed by atoms with Gasteiger partial charge in [0.2, 0.25) is 5.91 Å². The Morgan fingerprint density at radius 1 is 1.47 bits per heavy atom. The molecule has 1 aromatic heterocycles. The van der Waals surface area contributed by atoms with Crippen LogP contribution in [0.3, 0.4) is 0 Å². The van der Waals surface area contributed by atoms with Crippen molar-refractivity contribution in [2.75, 3.05) is 13.1 Å². The van der Waals surface area contributed by atoms with Gasteiger partial charge in [-0.05, 0) is 31.7 Å². The fourth-order valence-corrected chi connectivity index (χ4v) is 2.56. The maximum Gasteiger partial charge on any atom is 0.220 e. The highest BCUT2D eigenvalue weighted by Gasteiger charge is 2.18. The highest BCUT2D eigenvalue weighted by molar-refractivity contribution is 7.09. The smallest absolute Gasteiger partial charge is 0.220 e. The van der Waals surface area contributed by atoms with E-state index in [1.165, 1.54) is 0 Å². The zero-order chi connectivity index (χ0) is 14.3. The van der Waals surface area contributed by atoms with Crippen molar-refractivity contribution in [2.24, 2.45) is 11.1 Å². The first-order chi connectivity index (χ1) is 8.93. The summed E-state index contributed by atoms with van der Waals surface area (Å²) in [5, 5.41) is 6.07. The molecule has 0 radical (unpaired) electrons. The monoisotopic (exact) mass is 283 g/mol. The number of hydrogen-bond acceptors (Lipinski definition) is 4. The highest BCUT2D eigenvalue weighted by Crippen LogP contribution is 2.25. The molecule has 0 aliphatic heterocycles. The van der Waals surface area contributed by atoms with Crippen molar-refractivity contribution in [1.82, 2.24) is 10.3 Å². The predicted octanol–water partition coefficient (Wildman–Crippen LogP) is 2.27. The lowest BCUT2D eigenvalue weighted by molar-refractivity contribution is -0.121. The van der Waals surface area contributed by atoms with Crippen molar-refractivity contribution in [3.8, 4) is 0 Å². The molecule has 0 aromatic carbocycles. The van der Waals surface area contributed by atoms with Crippen LogP contribution in [0.2, 0.25) is 0 Å². The zero-order valence-corrected chi connectivity index (χ0v) is 13.0. The van der Waals surface area contributed by atoms with Crippen LogP contribution in [0.4, 0.5) is 0 Å². The second kappa shape index (κ2) is 7.60. The van der Waals surface area contributed by atoms with Crippen LogP contribution in [0, 0.1) is 12.3 Å². The van der Waals surface area contributed by atoms with Crippen LogP contribution in [0.5, 0.6) is 0 Å². The summed E-state index contributed by atoms with van der Waals surface area (Å²) in [6, 6.07) is 0. The molecule has 1 aromatic rings. The summed E-state index contributed by atoms with van der Waals surface area (Å²) in [7, 11) is 0. The van der Waals surface area contributed by atoms with Gasteiger partial charge in [-0.3, -0.25) is 4.79 Å². The van der Waals surface area contributed by atoms with Gasteiger partial charge in [0.05, 0.1) is 10.7 Å². The Kier molecular flexibility index (Phi) is 6.45. The van der Waals surface area contributed by atoms with Crippen molar-refractivity contribution in [1.29, 1.82) is 0 Å². The van der Waals surface area contributed by atoms with Gasteiger partial charge in [-0.1, -0.05) is 13.8 Å². The van der Waals surface area contributed by atoms with Gasteiger partial charge in [0.25, 0.3) is 0 Å². The van der Waals surface area contributed by atoms with Crippen molar-refractivity contribution in [2.45, 2.75) is 46.5 Å². The third-order valence-corrected chi connectivity index (χ3v) is 4.04. The Labute approximate surface area is 119 Å². The average molecular weight is 283 g/mol. The minimum atomic E-state index is 0.122. The van der Waals surface area contributed by atoms with Crippen LogP contribution >= 0.6 is 11.3 Å². The number of hydrogen-bond donors (Lipinski definition) is 2. The van der Waals surface area contributed by atoms with Gasteiger partial charge in [-0.2, -0.15) is 0 Å². The summed E-state index contributed by atoms with van der Waals surface area (Å²) in [6.45, 7) is 7.65. The zero-order valence-electron chi connectivity index (χ0n) is 12.2. The van der Waals surface area contributed by atoms with Crippen LogP contribution < -0.4 is 11.1 Å². The second-order valence-electron chi connectivity index (χ2n) is 5.66. The molecule has 0 bridgehead atoms. The molecular weight excluding hydrogens is 258 g/mol. The van der Waals surface area contributed by atoms with E-state index >= 15 is 0 Å². The van der Waals surface area contributed by atoms with E-state index in [1.54, 1.807) is 11.3 Å². The van der Waals surface area contributed by atoms with E-state index in [9.17, 15) is 4.79 Å². The highest BCUT2D eigenvalue weighted by atomic mass is 32.1. The number of aromatic nitrogens is 1. The minimum Gasteiger partial charge on any atom is -0.356 e. The molecule has 108 valence electrons. The molecule has 0 aliphatic carbocycles. The Morgan fingerprint density at radius 2 is 2.21 bits per heavy atom. The SMILES string of the molecule is Cc1nc(CCNC(=O)CCC(C)(C)CCN)cs1. The number of nitrogens with one attached hydrogen (secondary N) is 1. The molecule has 3 N–H and O–H groups in total. The molecule has 0 spiro atoms. The normalized spacial score (nSPS) is 11.6. The number of thiazole rings is 1. The Hall–Kier alpha value is -0.940. The summed E-state index contributed by atoms with van der Waals surface area (Å²) >= 11 is 1.65. The number of carbonyl (C=O) groups excluding carboxylic acids is 1. The molecular formula is C14H25N3OS. The first-order valence-corrected chi connectivity index (χ1v) is 7.69. The lowest BCUT2D eigenvalue weighted by Gasteiger charge is -2.23. The van der Waals surface area contributed by atoms with Crippen LogP contribution in [-0.4, -0.2) is 24.0 Å². The van der Waals surface area contributed by atoms with Gasteiger partial charge in [0.1, 0.15) is 0 Å². The van der Waals surface area contributed by atoms with Gasteiger partial charge in [0.15, 0.2) is 0 Å². The van der Waals surface area contributed by atoms with Gasteiger partial charge in [-0.25, -0.2) is 4.98 Å². The fraction of sp³-hybridized carbons (Fsp3) is 0.714. The molecule has 0 saturated heterocycles. The van der Waals surface area contributed by atoms with E-state index < -0.39 is 0 Å². The van der Waals surface area contributed by atoms with Crippen molar-refractivity contribution in [3.63, 3.8) is 0 Å². The van der Waals surface area contributed by atoms with E-state index in [0.29, 0.717) is 19.5 Å². The van der Waals surface area contributed by atoms with E-state index in [-0.39, 0.29) is 11.3 Å². The van der Waals surface area contributed by atoms with Gasteiger partial charge >= 0.3 is 0 Å². The summed E-state index contributed by atoms with van der Waals surface area (Å²) < 4.78 is 0. The first-order valence-electron chi connectivity index (χ1n) is 6.81. The molecule has 1 amide bonds. The number of nitrogens with two attached hydrogens (primary N) is 1. The molecule has 0 aliphatic rings. The minimum absolute atomic E-state index is 0.122. The first kappa shape index (κ1) is 16.1. The maximum atomic E-state index is 11.7. The maximum absolute atomic E-state index is 11.7. The molecule has 5 heteroatoms. The third-order valence-electron chi connectivity index (χ3n) is 3.22. The van der Waals surface area contributed by atoms with Crippen molar-refractivity contribution >= 4 is 17.2 Å². The molecule has 0 atom stereocenters. The Morgan fingerprint density at radius 3 is 2.79 bits per heavy atom. The molecule has 0 saturated carbocycles. The number of nitrogens with zero attached hydrogens (tertiary/aromatic N) is 1. The lowest BCUT2D eigenvalue weighted by atomic mass is 9.84. The fourth-order valence-electron chi connectivity index (χ4n) is 1.91. The van der Waals surface area contributed by atoms with Gasteiger partial charge < -0.3 is 11.1 Å². The molecule has 4 nitrogen and oxygen atoms in total. The van der Waals surface area contributed by atoms with Crippen LogP contribution in [0.15, 0.2) is 5.38 Å². The standard InChI is InChI=1S/C14H25N3OS/c1-11-17-12(10-19-11)5-9-16-13(18)4-6-14(2,3)7-8-15/h10H,4-9,15H2,1-3H3,(H,16,18). The summed E-state index contributed by atoms with van der Waals surface area (Å²) in [5.41, 5.74) is 6.77. The summed E-state index contributed by atoms with van der Waals surface area (Å²) in [6.07, 6.45) is 3.22. The number of amides is 1. The van der Waals surface area contributed by atoms with Crippen molar-refractivity contribution < 1.29 is 4.79 Å². The van der Waals surface area contributed by atoms with Crippen LogP contribution in [0.1, 0.15) is 43.8 Å². The van der Waals surface area contributed by atoms with E-state index in [0.717, 1.165) is 30.0 Å². The van der Waals surface area contributed by atoms with Gasteiger partial charge in [-0.15, -0.1) is 11.3 Å². The Bertz CT molecular complexity index is 401. The van der Waals surface area contributed by atoms with Gasteiger partial charge in [0, 0.05) is 24.8 Å². The molecule has 0 unspecified atom stereocenters. The van der Waals surface area contributed by atoms with Crippen LogP contribution in [0.25, 0.3) is 0 Å². The average Bonchev–Trinajstić information content (AvgIpc) is 2.73. The Balaban J connectivity index is 2.18. The largest absolute Gasteiger partial charge is 0.356 e. The predicted molar refractivity (Wildman–Crippen MR) is 80.3 cm³/mol. The molecule has 19 heavy (non-hydrogen) atoms. The van der Waals surface area contributed by atoms with E-state index in [2.05, 4.69) is 24.1 Å². The number of rotatable bonds is 8. The summed E-state index contributed by atoms with van der Waals surface area (Å²) in [4.78, 5) is 16.1. The van der Waals surface area contributed by atoms with Crippen LogP contribution in [-0.2, 0) is 11.2 Å². The molecule has 1 rings (SSSR count). The second-order valence-corrected chi connectivity index (χ2v) is 6.72. The molecule has 1 heterocycles. The van der Waals surface area contributed by atoms with Crippen molar-refractivity contribution in [3.05, 3.63) is 16.1 Å². The quantitative estimate of drug-likeness (QED) is 0.769.